The molecule has 0 bridgehead atoms. The second-order valence-electron chi connectivity index (χ2n) is 7.90. The zero-order valence-corrected chi connectivity index (χ0v) is 17.5. The van der Waals surface area contributed by atoms with Crippen molar-refractivity contribution in [1.82, 2.24) is 29.8 Å². The van der Waals surface area contributed by atoms with Crippen LogP contribution in [0, 0.1) is 0 Å². The van der Waals surface area contributed by atoms with Crippen LogP contribution in [0.2, 0.25) is 0 Å². The minimum Gasteiger partial charge on any atom is -0.356 e. The van der Waals surface area contributed by atoms with E-state index in [9.17, 15) is 4.79 Å². The molecule has 2 N–H and O–H groups in total. The molecular formula is C23H26N6O2. The number of ether oxygens (including phenoxy) is 1. The van der Waals surface area contributed by atoms with Gasteiger partial charge in [-0.25, -0.2) is 9.67 Å². The minimum absolute atomic E-state index is 0.0599. The second-order valence-corrected chi connectivity index (χ2v) is 7.90. The molecule has 1 aromatic carbocycles. The first-order chi connectivity index (χ1) is 15.2. The van der Waals surface area contributed by atoms with Gasteiger partial charge in [0.1, 0.15) is 5.65 Å². The Kier molecular flexibility index (Phi) is 5.40. The van der Waals surface area contributed by atoms with Crippen molar-refractivity contribution in [1.29, 1.82) is 0 Å². The lowest BCUT2D eigenvalue weighted by atomic mass is 10.1. The summed E-state index contributed by atoms with van der Waals surface area (Å²) in [5, 5.41) is 11.5. The van der Waals surface area contributed by atoms with E-state index in [1.807, 2.05) is 52.8 Å². The Morgan fingerprint density at radius 3 is 2.97 bits per heavy atom. The van der Waals surface area contributed by atoms with Crippen molar-refractivity contribution in [3.05, 3.63) is 65.7 Å². The van der Waals surface area contributed by atoms with Crippen molar-refractivity contribution in [2.75, 3.05) is 13.7 Å². The molecule has 3 aromatic heterocycles. The van der Waals surface area contributed by atoms with Gasteiger partial charge >= 0.3 is 0 Å². The largest absolute Gasteiger partial charge is 0.356 e. The molecule has 160 valence electrons. The molecule has 1 aliphatic heterocycles. The summed E-state index contributed by atoms with van der Waals surface area (Å²) in [5.74, 6) is -0.136. The highest BCUT2D eigenvalue weighted by molar-refractivity contribution is 6.06. The minimum atomic E-state index is -0.136. The van der Waals surface area contributed by atoms with E-state index in [0.717, 1.165) is 54.7 Å². The third-order valence-corrected chi connectivity index (χ3v) is 5.69. The maximum atomic E-state index is 12.9. The van der Waals surface area contributed by atoms with Crippen LogP contribution in [0.3, 0.4) is 0 Å². The average molecular weight is 419 g/mol. The number of rotatable bonds is 6. The highest BCUT2D eigenvalue weighted by Gasteiger charge is 2.20. The Bertz CT molecular complexity index is 1220. The van der Waals surface area contributed by atoms with Crippen LogP contribution in [0.4, 0.5) is 0 Å². The number of carbonyl (C=O) groups excluding carboxylic acids is 1. The summed E-state index contributed by atoms with van der Waals surface area (Å²) < 4.78 is 9.76. The van der Waals surface area contributed by atoms with Crippen LogP contribution in [0.15, 0.2) is 48.9 Å². The lowest BCUT2D eigenvalue weighted by Gasteiger charge is -2.23. The maximum Gasteiger partial charge on any atom is 0.252 e. The fraction of sp³-hybridized carbons (Fsp3) is 0.348. The number of pyridine rings is 1. The Balaban J connectivity index is 1.33. The Hall–Kier alpha value is -3.23. The summed E-state index contributed by atoms with van der Waals surface area (Å²) in [7, 11) is 1.92. The quantitative estimate of drug-likeness (QED) is 0.503. The van der Waals surface area contributed by atoms with Gasteiger partial charge in [-0.3, -0.25) is 4.79 Å². The average Bonchev–Trinajstić information content (AvgIpc) is 3.42. The number of hydrogen-bond acceptors (Lipinski definition) is 5. The Labute approximate surface area is 180 Å². The van der Waals surface area contributed by atoms with E-state index in [0.29, 0.717) is 12.1 Å². The molecule has 8 nitrogen and oxygen atoms in total. The number of aromatic nitrogens is 4. The fourth-order valence-corrected chi connectivity index (χ4v) is 4.17. The Morgan fingerprint density at radius 1 is 1.19 bits per heavy atom. The number of nitrogens with one attached hydrogen (secondary N) is 2. The van der Waals surface area contributed by atoms with Crippen molar-refractivity contribution >= 4 is 22.5 Å². The summed E-state index contributed by atoms with van der Waals surface area (Å²) in [6.45, 7) is 1.91. The Morgan fingerprint density at radius 2 is 2.13 bits per heavy atom. The van der Waals surface area contributed by atoms with Crippen molar-refractivity contribution in [2.45, 2.75) is 38.6 Å². The topological polar surface area (TPSA) is 85.5 Å². The first kappa shape index (κ1) is 19.7. The van der Waals surface area contributed by atoms with E-state index in [1.54, 1.807) is 6.20 Å². The molecule has 0 radical (unpaired) electrons. The van der Waals surface area contributed by atoms with Crippen molar-refractivity contribution in [3.8, 4) is 0 Å². The summed E-state index contributed by atoms with van der Waals surface area (Å²) in [6.07, 6.45) is 8.86. The molecule has 31 heavy (non-hydrogen) atoms. The molecule has 4 heterocycles. The zero-order chi connectivity index (χ0) is 21.2. The molecule has 8 heteroatoms. The third-order valence-electron chi connectivity index (χ3n) is 5.69. The van der Waals surface area contributed by atoms with Gasteiger partial charge in [-0.05, 0) is 50.1 Å². The second kappa shape index (κ2) is 8.49. The molecule has 1 fully saturated rings. The molecule has 1 amide bonds. The van der Waals surface area contributed by atoms with E-state index in [2.05, 4.69) is 26.8 Å². The van der Waals surface area contributed by atoms with Gasteiger partial charge in [0, 0.05) is 30.9 Å². The monoisotopic (exact) mass is 418 g/mol. The number of amides is 1. The number of benzene rings is 1. The summed E-state index contributed by atoms with van der Waals surface area (Å²) in [6, 6.07) is 9.75. The number of carbonyl (C=O) groups is 1. The van der Waals surface area contributed by atoms with E-state index in [-0.39, 0.29) is 12.1 Å². The smallest absolute Gasteiger partial charge is 0.252 e. The van der Waals surface area contributed by atoms with Gasteiger partial charge in [-0.15, -0.1) is 0 Å². The lowest BCUT2D eigenvalue weighted by Crippen LogP contribution is -2.23. The molecule has 5 rings (SSSR count). The summed E-state index contributed by atoms with van der Waals surface area (Å²) >= 11 is 0. The zero-order valence-electron chi connectivity index (χ0n) is 17.5. The predicted octanol–water partition coefficient (Wildman–Crippen LogP) is 3.03. The molecule has 1 saturated heterocycles. The van der Waals surface area contributed by atoms with Crippen LogP contribution < -0.4 is 10.6 Å². The molecule has 4 aromatic rings. The van der Waals surface area contributed by atoms with Crippen LogP contribution in [0.5, 0.6) is 0 Å². The standard InChI is InChI=1S/C23H26N6O2/c1-24-11-16-8-9-21-27-17(15-28(21)14-16)12-25-23(30)18-5-4-6-20-19(18)13-26-29(20)22-7-2-3-10-31-22/h4-6,8-9,13-15,22,24H,2-3,7,10-12H2,1H3,(H,25,30). The summed E-state index contributed by atoms with van der Waals surface area (Å²) in [4.78, 5) is 17.6. The van der Waals surface area contributed by atoms with Gasteiger partial charge in [0.05, 0.1) is 29.5 Å². The number of nitrogens with zero attached hydrogens (tertiary/aromatic N) is 4. The van der Waals surface area contributed by atoms with Crippen molar-refractivity contribution in [2.24, 2.45) is 0 Å². The molecular weight excluding hydrogens is 392 g/mol. The van der Waals surface area contributed by atoms with Gasteiger partial charge in [0.15, 0.2) is 6.23 Å². The van der Waals surface area contributed by atoms with Crippen LogP contribution >= 0.6 is 0 Å². The van der Waals surface area contributed by atoms with Crippen LogP contribution in [-0.4, -0.2) is 38.7 Å². The van der Waals surface area contributed by atoms with Crippen LogP contribution in [-0.2, 0) is 17.8 Å². The number of imidazole rings is 1. The van der Waals surface area contributed by atoms with Crippen molar-refractivity contribution < 1.29 is 9.53 Å². The van der Waals surface area contributed by atoms with Gasteiger partial charge < -0.3 is 19.8 Å². The molecule has 1 unspecified atom stereocenters. The molecule has 1 aliphatic rings. The van der Waals surface area contributed by atoms with E-state index >= 15 is 0 Å². The van der Waals surface area contributed by atoms with Crippen molar-refractivity contribution in [3.63, 3.8) is 0 Å². The van der Waals surface area contributed by atoms with Gasteiger partial charge in [-0.1, -0.05) is 12.1 Å². The third kappa shape index (κ3) is 3.92. The van der Waals surface area contributed by atoms with E-state index in [1.165, 1.54) is 5.56 Å². The fourth-order valence-electron chi connectivity index (χ4n) is 4.17. The first-order valence-corrected chi connectivity index (χ1v) is 10.7. The maximum absolute atomic E-state index is 12.9. The molecule has 1 atom stereocenters. The molecule has 0 aliphatic carbocycles. The highest BCUT2D eigenvalue weighted by atomic mass is 16.5. The van der Waals surface area contributed by atoms with Gasteiger partial charge in [-0.2, -0.15) is 5.10 Å². The highest BCUT2D eigenvalue weighted by Crippen LogP contribution is 2.27. The predicted molar refractivity (Wildman–Crippen MR) is 118 cm³/mol. The molecule has 0 spiro atoms. The number of hydrogen-bond donors (Lipinski definition) is 2. The lowest BCUT2D eigenvalue weighted by molar-refractivity contribution is -0.0366. The van der Waals surface area contributed by atoms with Gasteiger partial charge in [0.25, 0.3) is 5.91 Å². The first-order valence-electron chi connectivity index (χ1n) is 10.7. The van der Waals surface area contributed by atoms with E-state index in [4.69, 9.17) is 4.74 Å². The van der Waals surface area contributed by atoms with Crippen LogP contribution in [0.25, 0.3) is 16.6 Å². The van der Waals surface area contributed by atoms with E-state index < -0.39 is 0 Å². The normalized spacial score (nSPS) is 16.7. The van der Waals surface area contributed by atoms with Gasteiger partial charge in [0.2, 0.25) is 0 Å². The molecule has 0 saturated carbocycles. The summed E-state index contributed by atoms with van der Waals surface area (Å²) in [5.41, 5.74) is 4.38. The SMILES string of the molecule is CNCc1ccc2nc(CNC(=O)c3cccc4c3cnn4C3CCCCO3)cn2c1. The number of fused-ring (bicyclic) bond motifs is 2. The van der Waals surface area contributed by atoms with Crippen LogP contribution in [0.1, 0.15) is 47.1 Å².